The van der Waals surface area contributed by atoms with E-state index in [1.54, 1.807) is 6.07 Å². The number of Topliss-reactive ketones (excluding diaryl/α,β-unsaturated/α-hetero) is 1. The molecule has 1 aromatic rings. The zero-order chi connectivity index (χ0) is 16.9. The summed E-state index contributed by atoms with van der Waals surface area (Å²) in [6.07, 6.45) is 1.70. The molecule has 2 unspecified atom stereocenters. The number of hydrogen-bond acceptors (Lipinski definition) is 6. The van der Waals surface area contributed by atoms with E-state index < -0.39 is 23.2 Å². The molecule has 6 heteroatoms. The molecule has 2 fully saturated rings. The van der Waals surface area contributed by atoms with Crippen LogP contribution >= 0.6 is 0 Å². The summed E-state index contributed by atoms with van der Waals surface area (Å²) in [5.74, 6) is 0.0672. The van der Waals surface area contributed by atoms with Crippen molar-refractivity contribution in [3.63, 3.8) is 0 Å². The van der Waals surface area contributed by atoms with E-state index in [2.05, 4.69) is 4.90 Å². The Morgan fingerprint density at radius 3 is 2.92 bits per heavy atom. The number of nitrogens with zero attached hydrogens (tertiary/aromatic N) is 1. The third-order valence-corrected chi connectivity index (χ3v) is 7.10. The lowest BCUT2D eigenvalue weighted by atomic mass is 9.45. The molecule has 2 heterocycles. The molecule has 3 N–H and O–H groups in total. The average molecular weight is 331 g/mol. The highest BCUT2D eigenvalue weighted by Gasteiger charge is 2.79. The van der Waals surface area contributed by atoms with E-state index in [1.807, 2.05) is 13.1 Å². The molecule has 0 amide bonds. The highest BCUT2D eigenvalue weighted by Crippen LogP contribution is 2.68. The molecule has 2 bridgehead atoms. The van der Waals surface area contributed by atoms with Crippen molar-refractivity contribution < 1.29 is 24.9 Å². The highest BCUT2D eigenvalue weighted by atomic mass is 16.5. The standard InChI is InChI=1S/C18H21NO5/c1-19-7-6-16-14-10-2-3-11(21)15(14)24-18(16,9-20)13(22)4-5-17(16,23)12(19)8-10/h2-3,12,20-21,23H,4-9H2,1H3/t12-,16-,17?,18?/m1/s1. The third-order valence-electron chi connectivity index (χ3n) is 7.10. The van der Waals surface area contributed by atoms with Gasteiger partial charge in [0.15, 0.2) is 17.3 Å². The number of rotatable bonds is 1. The first-order chi connectivity index (χ1) is 11.4. The molecule has 1 saturated heterocycles. The first kappa shape index (κ1) is 14.7. The predicted octanol–water partition coefficient (Wildman–Crippen LogP) is 0.108. The molecule has 1 aromatic carbocycles. The number of likely N-dealkylation sites (tertiary alicyclic amines) is 1. The van der Waals surface area contributed by atoms with Gasteiger partial charge >= 0.3 is 0 Å². The molecule has 6 nitrogen and oxygen atoms in total. The topological polar surface area (TPSA) is 90.2 Å². The van der Waals surface area contributed by atoms with Crippen molar-refractivity contribution >= 4 is 5.78 Å². The second kappa shape index (κ2) is 4.12. The van der Waals surface area contributed by atoms with Crippen molar-refractivity contribution in [1.29, 1.82) is 0 Å². The van der Waals surface area contributed by atoms with Crippen molar-refractivity contribution in [1.82, 2.24) is 4.90 Å². The van der Waals surface area contributed by atoms with Gasteiger partial charge in [0.1, 0.15) is 0 Å². The van der Waals surface area contributed by atoms with Gasteiger partial charge in [-0.05, 0) is 44.5 Å². The number of benzene rings is 1. The largest absolute Gasteiger partial charge is 0.504 e. The lowest BCUT2D eigenvalue weighted by Gasteiger charge is -2.64. The molecule has 4 atom stereocenters. The number of carbonyl (C=O) groups excluding carboxylic acids is 1. The fraction of sp³-hybridized carbons (Fsp3) is 0.611. The van der Waals surface area contributed by atoms with Crippen molar-refractivity contribution in [2.24, 2.45) is 0 Å². The first-order valence-corrected chi connectivity index (χ1v) is 8.52. The summed E-state index contributed by atoms with van der Waals surface area (Å²) in [6, 6.07) is 3.31. The minimum atomic E-state index is -1.49. The minimum Gasteiger partial charge on any atom is -0.504 e. The molecular formula is C18H21NO5. The molecule has 5 rings (SSSR count). The highest BCUT2D eigenvalue weighted by molar-refractivity contribution is 5.94. The van der Waals surface area contributed by atoms with Crippen LogP contribution < -0.4 is 4.74 Å². The fourth-order valence-electron chi connectivity index (χ4n) is 6.04. The van der Waals surface area contributed by atoms with Gasteiger partial charge < -0.3 is 25.0 Å². The number of phenols is 1. The normalized spacial score (nSPS) is 42.6. The molecule has 0 aromatic heterocycles. The van der Waals surface area contributed by atoms with Crippen LogP contribution in [0.5, 0.6) is 11.5 Å². The van der Waals surface area contributed by atoms with E-state index >= 15 is 0 Å². The van der Waals surface area contributed by atoms with Crippen LogP contribution in [0.4, 0.5) is 0 Å². The summed E-state index contributed by atoms with van der Waals surface area (Å²) >= 11 is 0. The molecule has 0 radical (unpaired) electrons. The maximum atomic E-state index is 12.9. The maximum Gasteiger partial charge on any atom is 0.202 e. The van der Waals surface area contributed by atoms with Gasteiger partial charge in [-0.1, -0.05) is 6.07 Å². The van der Waals surface area contributed by atoms with E-state index in [4.69, 9.17) is 4.74 Å². The molecule has 4 aliphatic rings. The van der Waals surface area contributed by atoms with Crippen LogP contribution in [0.2, 0.25) is 0 Å². The van der Waals surface area contributed by atoms with Crippen LogP contribution in [0.15, 0.2) is 12.1 Å². The van der Waals surface area contributed by atoms with Crippen LogP contribution in [0.25, 0.3) is 0 Å². The Labute approximate surface area is 139 Å². The summed E-state index contributed by atoms with van der Waals surface area (Å²) in [6.45, 7) is 0.220. The number of aliphatic hydroxyl groups is 2. The molecule has 128 valence electrons. The number of carbonyl (C=O) groups is 1. The lowest BCUT2D eigenvalue weighted by Crippen LogP contribution is -2.81. The monoisotopic (exact) mass is 331 g/mol. The summed E-state index contributed by atoms with van der Waals surface area (Å²) in [7, 11) is 1.99. The van der Waals surface area contributed by atoms with Crippen molar-refractivity contribution in [2.45, 2.75) is 48.3 Å². The van der Waals surface area contributed by atoms with Crippen LogP contribution in [-0.2, 0) is 16.6 Å². The van der Waals surface area contributed by atoms with Crippen molar-refractivity contribution in [3.8, 4) is 11.5 Å². The van der Waals surface area contributed by atoms with E-state index in [9.17, 15) is 20.1 Å². The third kappa shape index (κ3) is 1.21. The molecule has 24 heavy (non-hydrogen) atoms. The van der Waals surface area contributed by atoms with Crippen LogP contribution in [-0.4, -0.2) is 63.4 Å². The Kier molecular flexibility index (Phi) is 2.52. The Morgan fingerprint density at radius 2 is 2.17 bits per heavy atom. The minimum absolute atomic E-state index is 0.0297. The zero-order valence-electron chi connectivity index (χ0n) is 13.6. The van der Waals surface area contributed by atoms with E-state index in [0.717, 1.165) is 11.1 Å². The lowest BCUT2D eigenvalue weighted by molar-refractivity contribution is -0.216. The van der Waals surface area contributed by atoms with Crippen molar-refractivity contribution in [2.75, 3.05) is 20.2 Å². The quantitative estimate of drug-likeness (QED) is 0.677. The number of piperidine rings is 1. The number of ketones is 1. The summed E-state index contributed by atoms with van der Waals surface area (Å²) in [5, 5.41) is 32.4. The number of phenolic OH excluding ortho intramolecular Hbond substituents is 1. The second-order valence-electron chi connectivity index (χ2n) is 7.74. The van der Waals surface area contributed by atoms with Crippen molar-refractivity contribution in [3.05, 3.63) is 23.3 Å². The van der Waals surface area contributed by atoms with Gasteiger partial charge in [0.2, 0.25) is 5.60 Å². The summed E-state index contributed by atoms with van der Waals surface area (Å²) in [5.41, 5.74) is -1.88. The molecule has 1 spiro atoms. The first-order valence-electron chi connectivity index (χ1n) is 8.52. The maximum absolute atomic E-state index is 12.9. The number of aliphatic hydroxyl groups excluding tert-OH is 1. The number of aromatic hydroxyl groups is 1. The summed E-state index contributed by atoms with van der Waals surface area (Å²) in [4.78, 5) is 15.1. The molecule has 1 saturated carbocycles. The fourth-order valence-corrected chi connectivity index (χ4v) is 6.04. The van der Waals surface area contributed by atoms with E-state index in [-0.39, 0.29) is 29.7 Å². The van der Waals surface area contributed by atoms with Gasteiger partial charge in [0.25, 0.3) is 0 Å². The molecule has 2 aliphatic carbocycles. The Hall–Kier alpha value is -1.63. The average Bonchev–Trinajstić information content (AvgIpc) is 2.88. The van der Waals surface area contributed by atoms with E-state index in [0.29, 0.717) is 25.8 Å². The van der Waals surface area contributed by atoms with Gasteiger partial charge in [-0.3, -0.25) is 4.79 Å². The van der Waals surface area contributed by atoms with Gasteiger partial charge in [0, 0.05) is 18.0 Å². The number of likely N-dealkylation sites (N-methyl/N-ethyl adjacent to an activating group) is 1. The van der Waals surface area contributed by atoms with Gasteiger partial charge in [-0.15, -0.1) is 0 Å². The Bertz CT molecular complexity index is 779. The Morgan fingerprint density at radius 1 is 1.38 bits per heavy atom. The van der Waals surface area contributed by atoms with Gasteiger partial charge in [-0.25, -0.2) is 0 Å². The van der Waals surface area contributed by atoms with E-state index in [1.165, 1.54) is 0 Å². The van der Waals surface area contributed by atoms with Gasteiger partial charge in [0.05, 0.1) is 17.6 Å². The van der Waals surface area contributed by atoms with Gasteiger partial charge in [-0.2, -0.15) is 0 Å². The second-order valence-corrected chi connectivity index (χ2v) is 7.74. The smallest absolute Gasteiger partial charge is 0.202 e. The van der Waals surface area contributed by atoms with Crippen LogP contribution in [0, 0.1) is 0 Å². The Balaban J connectivity index is 1.92. The SMILES string of the molecule is CN1CC[C@]23c4c5ccc(O)c4OC2(CO)C(=O)CCC3(O)[C@H]1C5. The summed E-state index contributed by atoms with van der Waals surface area (Å²) < 4.78 is 6.03. The number of ether oxygens (including phenoxy) is 1. The number of hydrogen-bond donors (Lipinski definition) is 3. The molecular weight excluding hydrogens is 310 g/mol. The molecule has 2 aliphatic heterocycles. The van der Waals surface area contributed by atoms with Crippen LogP contribution in [0.3, 0.4) is 0 Å². The van der Waals surface area contributed by atoms with Crippen LogP contribution in [0.1, 0.15) is 30.4 Å². The zero-order valence-corrected chi connectivity index (χ0v) is 13.6. The predicted molar refractivity (Wildman–Crippen MR) is 84.2 cm³/mol.